The van der Waals surface area contributed by atoms with Gasteiger partial charge in [-0.3, -0.25) is 9.59 Å². The van der Waals surface area contributed by atoms with Crippen LogP contribution in [0.1, 0.15) is 43.6 Å². The number of likely N-dealkylation sites (tertiary alicyclic amines) is 1. The van der Waals surface area contributed by atoms with Crippen molar-refractivity contribution < 1.29 is 18.4 Å². The Morgan fingerprint density at radius 2 is 1.78 bits per heavy atom. The van der Waals surface area contributed by atoms with E-state index in [9.17, 15) is 18.4 Å². The molecular weight excluding hydrogens is 300 g/mol. The summed E-state index contributed by atoms with van der Waals surface area (Å²) in [5.41, 5.74) is 0.804. The molecule has 1 amide bonds. The highest BCUT2D eigenvalue weighted by Gasteiger charge is 2.45. The maximum atomic E-state index is 13.9. The van der Waals surface area contributed by atoms with E-state index >= 15 is 0 Å². The molecule has 0 bridgehead atoms. The third kappa shape index (κ3) is 3.59. The molecule has 1 heterocycles. The van der Waals surface area contributed by atoms with Crippen molar-refractivity contribution in [2.45, 2.75) is 43.9 Å². The van der Waals surface area contributed by atoms with Crippen molar-refractivity contribution in [1.29, 1.82) is 0 Å². The molecule has 3 rings (SSSR count). The number of benzene rings is 1. The Labute approximate surface area is 134 Å². The Balaban J connectivity index is 1.81. The molecule has 0 aromatic heterocycles. The molecule has 1 saturated carbocycles. The van der Waals surface area contributed by atoms with Crippen molar-refractivity contribution in [1.82, 2.24) is 4.90 Å². The number of rotatable bonds is 2. The van der Waals surface area contributed by atoms with Crippen LogP contribution >= 0.6 is 0 Å². The topological polar surface area (TPSA) is 37.4 Å². The van der Waals surface area contributed by atoms with Gasteiger partial charge in [-0.1, -0.05) is 30.3 Å². The zero-order chi connectivity index (χ0) is 16.4. The van der Waals surface area contributed by atoms with Crippen molar-refractivity contribution in [3.8, 4) is 0 Å². The molecule has 0 spiro atoms. The van der Waals surface area contributed by atoms with Crippen molar-refractivity contribution in [3.05, 3.63) is 35.9 Å². The summed E-state index contributed by atoms with van der Waals surface area (Å²) < 4.78 is 27.8. The fourth-order valence-corrected chi connectivity index (χ4v) is 3.69. The second-order valence-electron chi connectivity index (χ2n) is 6.59. The molecule has 0 radical (unpaired) electrons. The number of nitrogens with zero attached hydrogens (tertiary/aromatic N) is 1. The number of amides is 1. The SMILES string of the molecule is O=C1CCN(C(=O)[C@@H]2CCC(F)(F)C[C@H]2c2ccccc2)CC1. The van der Waals surface area contributed by atoms with Crippen LogP contribution in [0, 0.1) is 5.92 Å². The van der Waals surface area contributed by atoms with Gasteiger partial charge in [0.25, 0.3) is 0 Å². The summed E-state index contributed by atoms with van der Waals surface area (Å²) in [7, 11) is 0. The van der Waals surface area contributed by atoms with E-state index in [0.717, 1.165) is 5.56 Å². The van der Waals surface area contributed by atoms with Crippen LogP contribution in [0.2, 0.25) is 0 Å². The highest BCUT2D eigenvalue weighted by atomic mass is 19.3. The molecular formula is C18H21F2NO2. The van der Waals surface area contributed by atoms with E-state index in [0.29, 0.717) is 25.9 Å². The summed E-state index contributed by atoms with van der Waals surface area (Å²) >= 11 is 0. The minimum Gasteiger partial charge on any atom is -0.342 e. The van der Waals surface area contributed by atoms with Gasteiger partial charge in [-0.15, -0.1) is 0 Å². The summed E-state index contributed by atoms with van der Waals surface area (Å²) in [4.78, 5) is 25.9. The number of carbonyl (C=O) groups is 2. The van der Waals surface area contributed by atoms with E-state index in [1.54, 1.807) is 4.90 Å². The van der Waals surface area contributed by atoms with Crippen LogP contribution in [0.25, 0.3) is 0 Å². The highest BCUT2D eigenvalue weighted by molar-refractivity contribution is 5.85. The average Bonchev–Trinajstić information content (AvgIpc) is 2.55. The summed E-state index contributed by atoms with van der Waals surface area (Å²) in [6.45, 7) is 0.845. The molecule has 2 aliphatic rings. The van der Waals surface area contributed by atoms with Crippen molar-refractivity contribution in [2.24, 2.45) is 5.92 Å². The molecule has 1 aromatic carbocycles. The molecule has 2 fully saturated rings. The van der Waals surface area contributed by atoms with Crippen LogP contribution in [-0.2, 0) is 9.59 Å². The summed E-state index contributed by atoms with van der Waals surface area (Å²) in [5.74, 6) is -3.48. The quantitative estimate of drug-likeness (QED) is 0.837. The molecule has 5 heteroatoms. The van der Waals surface area contributed by atoms with Crippen LogP contribution in [-0.4, -0.2) is 35.6 Å². The molecule has 1 aliphatic carbocycles. The lowest BCUT2D eigenvalue weighted by molar-refractivity contribution is -0.143. The van der Waals surface area contributed by atoms with E-state index < -0.39 is 17.8 Å². The second-order valence-corrected chi connectivity index (χ2v) is 6.59. The lowest BCUT2D eigenvalue weighted by Gasteiger charge is -2.39. The Kier molecular flexibility index (Phi) is 4.46. The highest BCUT2D eigenvalue weighted by Crippen LogP contribution is 2.46. The van der Waals surface area contributed by atoms with E-state index in [1.165, 1.54) is 0 Å². The minimum atomic E-state index is -2.71. The molecule has 3 nitrogen and oxygen atoms in total. The monoisotopic (exact) mass is 321 g/mol. The Morgan fingerprint density at radius 3 is 2.43 bits per heavy atom. The molecule has 0 unspecified atom stereocenters. The normalized spacial score (nSPS) is 27.7. The Bertz CT molecular complexity index is 578. The number of ketones is 1. The Morgan fingerprint density at radius 1 is 1.13 bits per heavy atom. The van der Waals surface area contributed by atoms with Gasteiger partial charge in [-0.2, -0.15) is 0 Å². The molecule has 0 N–H and O–H groups in total. The first-order chi connectivity index (χ1) is 11.0. The lowest BCUT2D eigenvalue weighted by Crippen LogP contribution is -2.46. The van der Waals surface area contributed by atoms with E-state index in [1.807, 2.05) is 30.3 Å². The number of carbonyl (C=O) groups excluding carboxylic acids is 2. The van der Waals surface area contributed by atoms with Crippen molar-refractivity contribution in [3.63, 3.8) is 0 Å². The zero-order valence-corrected chi connectivity index (χ0v) is 13.0. The van der Waals surface area contributed by atoms with E-state index in [-0.39, 0.29) is 31.0 Å². The van der Waals surface area contributed by atoms with E-state index in [4.69, 9.17) is 0 Å². The van der Waals surface area contributed by atoms with Gasteiger partial charge < -0.3 is 4.90 Å². The second kappa shape index (κ2) is 6.38. The van der Waals surface area contributed by atoms with Crippen LogP contribution in [0.15, 0.2) is 30.3 Å². The van der Waals surface area contributed by atoms with Crippen molar-refractivity contribution >= 4 is 11.7 Å². The molecule has 124 valence electrons. The third-order valence-electron chi connectivity index (χ3n) is 5.00. The maximum absolute atomic E-state index is 13.9. The average molecular weight is 321 g/mol. The number of hydrogen-bond acceptors (Lipinski definition) is 2. The van der Waals surface area contributed by atoms with Gasteiger partial charge >= 0.3 is 0 Å². The number of Topliss-reactive ketones (excluding diaryl/α,β-unsaturated/α-hetero) is 1. The first-order valence-corrected chi connectivity index (χ1v) is 8.19. The summed E-state index contributed by atoms with van der Waals surface area (Å²) in [6, 6.07) is 9.14. The fourth-order valence-electron chi connectivity index (χ4n) is 3.69. The molecule has 23 heavy (non-hydrogen) atoms. The molecule has 2 atom stereocenters. The summed E-state index contributed by atoms with van der Waals surface area (Å²) in [5, 5.41) is 0. The molecule has 1 aliphatic heterocycles. The smallest absolute Gasteiger partial charge is 0.248 e. The number of alkyl halides is 2. The van der Waals surface area contributed by atoms with Gasteiger partial charge in [0.2, 0.25) is 11.8 Å². The predicted octanol–water partition coefficient (Wildman–Crippen LogP) is 3.40. The minimum absolute atomic E-state index is 0.0677. The van der Waals surface area contributed by atoms with Crippen molar-refractivity contribution in [2.75, 3.05) is 13.1 Å². The number of halogens is 2. The van der Waals surface area contributed by atoms with Gasteiger partial charge in [0.1, 0.15) is 5.78 Å². The van der Waals surface area contributed by atoms with Gasteiger partial charge in [-0.05, 0) is 12.0 Å². The predicted molar refractivity (Wildman–Crippen MR) is 82.3 cm³/mol. The first-order valence-electron chi connectivity index (χ1n) is 8.19. The summed E-state index contributed by atoms with van der Waals surface area (Å²) in [6.07, 6.45) is 0.449. The van der Waals surface area contributed by atoms with Gasteiger partial charge in [0, 0.05) is 50.6 Å². The number of hydrogen-bond donors (Lipinski definition) is 0. The largest absolute Gasteiger partial charge is 0.342 e. The van der Waals surface area contributed by atoms with Crippen LogP contribution in [0.5, 0.6) is 0 Å². The van der Waals surface area contributed by atoms with Gasteiger partial charge in [0.15, 0.2) is 0 Å². The molecule has 1 aromatic rings. The zero-order valence-electron chi connectivity index (χ0n) is 13.0. The van der Waals surface area contributed by atoms with Crippen LogP contribution in [0.4, 0.5) is 8.78 Å². The van der Waals surface area contributed by atoms with Gasteiger partial charge in [0.05, 0.1) is 0 Å². The van der Waals surface area contributed by atoms with Crippen LogP contribution < -0.4 is 0 Å². The molecule has 1 saturated heterocycles. The fraction of sp³-hybridized carbons (Fsp3) is 0.556. The number of piperidine rings is 1. The third-order valence-corrected chi connectivity index (χ3v) is 5.00. The first kappa shape index (κ1) is 16.1. The lowest BCUT2D eigenvalue weighted by atomic mass is 9.73. The van der Waals surface area contributed by atoms with Crippen LogP contribution in [0.3, 0.4) is 0 Å². The van der Waals surface area contributed by atoms with E-state index in [2.05, 4.69) is 0 Å². The van der Waals surface area contributed by atoms with Gasteiger partial charge in [-0.25, -0.2) is 8.78 Å². The maximum Gasteiger partial charge on any atom is 0.248 e. The standard InChI is InChI=1S/C18H21F2NO2/c19-18(20)9-6-15(16(12-18)13-4-2-1-3-5-13)17(23)21-10-7-14(22)8-11-21/h1-5,15-16H,6-12H2/t15-,16+/m1/s1. The Hall–Kier alpha value is -1.78.